The molecule has 2 aromatic heterocycles. The molecular formula is C15H16N2S. The van der Waals surface area contributed by atoms with Crippen molar-refractivity contribution in [3.05, 3.63) is 47.6 Å². The Hall–Kier alpha value is -1.61. The minimum atomic E-state index is 0.206. The van der Waals surface area contributed by atoms with E-state index in [1.807, 2.05) is 12.4 Å². The molecule has 3 rings (SSSR count). The number of hydrogen-bond acceptors (Lipinski definition) is 2. The summed E-state index contributed by atoms with van der Waals surface area (Å²) in [4.78, 5) is 5.35. The standard InChI is InChI=1S/C15H16N2S/c1-15(2,3)12-6-4-11(5-7-12)13-10-18-14-16-8-9-17(13)14/h4-10H,1-3H3. The van der Waals surface area contributed by atoms with Crippen molar-refractivity contribution in [2.24, 2.45) is 0 Å². The number of nitrogens with zero attached hydrogens (tertiary/aromatic N) is 2. The van der Waals surface area contributed by atoms with Gasteiger partial charge in [-0.15, -0.1) is 11.3 Å². The van der Waals surface area contributed by atoms with Crippen molar-refractivity contribution in [3.63, 3.8) is 0 Å². The van der Waals surface area contributed by atoms with E-state index in [2.05, 4.69) is 59.8 Å². The van der Waals surface area contributed by atoms with E-state index in [1.54, 1.807) is 11.3 Å². The normalized spacial score (nSPS) is 12.2. The Balaban J connectivity index is 2.06. The quantitative estimate of drug-likeness (QED) is 0.632. The predicted octanol–water partition coefficient (Wildman–Crippen LogP) is 4.36. The highest BCUT2D eigenvalue weighted by Crippen LogP contribution is 2.28. The van der Waals surface area contributed by atoms with E-state index in [0.717, 1.165) is 4.96 Å². The van der Waals surface area contributed by atoms with Crippen molar-refractivity contribution < 1.29 is 0 Å². The van der Waals surface area contributed by atoms with Gasteiger partial charge in [-0.25, -0.2) is 4.98 Å². The van der Waals surface area contributed by atoms with Crippen LogP contribution in [-0.4, -0.2) is 9.38 Å². The fourth-order valence-corrected chi connectivity index (χ4v) is 2.93. The van der Waals surface area contributed by atoms with Crippen LogP contribution in [0.1, 0.15) is 26.3 Å². The molecule has 0 spiro atoms. The SMILES string of the molecule is CC(C)(C)c1ccc(-c2csc3nccn23)cc1. The first-order valence-corrected chi connectivity index (χ1v) is 6.95. The summed E-state index contributed by atoms with van der Waals surface area (Å²) in [6.07, 6.45) is 3.86. The number of aromatic nitrogens is 2. The van der Waals surface area contributed by atoms with Gasteiger partial charge in [-0.05, 0) is 16.5 Å². The van der Waals surface area contributed by atoms with Crippen LogP contribution in [0.2, 0.25) is 0 Å². The minimum absolute atomic E-state index is 0.206. The molecule has 0 saturated heterocycles. The van der Waals surface area contributed by atoms with Gasteiger partial charge in [0.1, 0.15) is 0 Å². The van der Waals surface area contributed by atoms with Gasteiger partial charge in [-0.3, -0.25) is 4.40 Å². The third-order valence-electron chi connectivity index (χ3n) is 3.19. The summed E-state index contributed by atoms with van der Waals surface area (Å²) in [5, 5.41) is 2.16. The van der Waals surface area contributed by atoms with Crippen LogP contribution in [0.25, 0.3) is 16.2 Å². The van der Waals surface area contributed by atoms with E-state index >= 15 is 0 Å². The monoisotopic (exact) mass is 256 g/mol. The molecular weight excluding hydrogens is 240 g/mol. The summed E-state index contributed by atoms with van der Waals surface area (Å²) >= 11 is 1.68. The number of hydrogen-bond donors (Lipinski definition) is 0. The molecule has 0 saturated carbocycles. The summed E-state index contributed by atoms with van der Waals surface area (Å²) in [5.41, 5.74) is 4.03. The second-order valence-corrected chi connectivity index (χ2v) is 6.36. The van der Waals surface area contributed by atoms with Gasteiger partial charge < -0.3 is 0 Å². The lowest BCUT2D eigenvalue weighted by Gasteiger charge is -2.19. The second-order valence-electron chi connectivity index (χ2n) is 5.53. The first-order chi connectivity index (χ1) is 8.55. The molecule has 18 heavy (non-hydrogen) atoms. The smallest absolute Gasteiger partial charge is 0.194 e. The van der Waals surface area contributed by atoms with Gasteiger partial charge in [0.25, 0.3) is 0 Å². The lowest BCUT2D eigenvalue weighted by molar-refractivity contribution is 0.590. The van der Waals surface area contributed by atoms with E-state index in [9.17, 15) is 0 Å². The highest BCUT2D eigenvalue weighted by atomic mass is 32.1. The third kappa shape index (κ3) is 1.85. The average molecular weight is 256 g/mol. The van der Waals surface area contributed by atoms with E-state index in [0.29, 0.717) is 0 Å². The van der Waals surface area contributed by atoms with Gasteiger partial charge in [0, 0.05) is 17.8 Å². The van der Waals surface area contributed by atoms with E-state index in [1.165, 1.54) is 16.8 Å². The molecule has 92 valence electrons. The van der Waals surface area contributed by atoms with Gasteiger partial charge in [-0.2, -0.15) is 0 Å². The number of thiazole rings is 1. The molecule has 3 heteroatoms. The average Bonchev–Trinajstić information content (AvgIpc) is 2.89. The Morgan fingerprint density at radius 3 is 2.50 bits per heavy atom. The molecule has 0 N–H and O–H groups in total. The lowest BCUT2D eigenvalue weighted by atomic mass is 9.86. The fourth-order valence-electron chi connectivity index (χ4n) is 2.07. The Bertz CT molecular complexity index is 668. The topological polar surface area (TPSA) is 17.3 Å². The van der Waals surface area contributed by atoms with Crippen molar-refractivity contribution in [1.82, 2.24) is 9.38 Å². The highest BCUT2D eigenvalue weighted by Gasteiger charge is 2.13. The van der Waals surface area contributed by atoms with Gasteiger partial charge in [0.05, 0.1) is 5.69 Å². The van der Waals surface area contributed by atoms with Gasteiger partial charge in [0.15, 0.2) is 4.96 Å². The van der Waals surface area contributed by atoms with Crippen molar-refractivity contribution in [2.75, 3.05) is 0 Å². The highest BCUT2D eigenvalue weighted by molar-refractivity contribution is 7.15. The third-order valence-corrected chi connectivity index (χ3v) is 4.04. The molecule has 0 radical (unpaired) electrons. The Morgan fingerprint density at radius 1 is 1.11 bits per heavy atom. The second kappa shape index (κ2) is 3.95. The summed E-state index contributed by atoms with van der Waals surface area (Å²) in [7, 11) is 0. The first-order valence-electron chi connectivity index (χ1n) is 6.07. The van der Waals surface area contributed by atoms with Crippen LogP contribution in [0.5, 0.6) is 0 Å². The van der Waals surface area contributed by atoms with E-state index in [4.69, 9.17) is 0 Å². The predicted molar refractivity (Wildman–Crippen MR) is 77.2 cm³/mol. The van der Waals surface area contributed by atoms with Crippen LogP contribution in [0.4, 0.5) is 0 Å². The van der Waals surface area contributed by atoms with Crippen LogP contribution in [-0.2, 0) is 5.41 Å². The van der Waals surface area contributed by atoms with E-state index < -0.39 is 0 Å². The first kappa shape index (κ1) is 11.5. The van der Waals surface area contributed by atoms with Crippen LogP contribution in [0.3, 0.4) is 0 Å². The summed E-state index contributed by atoms with van der Waals surface area (Å²) in [6.45, 7) is 6.71. The van der Waals surface area contributed by atoms with Crippen LogP contribution in [0.15, 0.2) is 42.0 Å². The molecule has 3 aromatic rings. The lowest BCUT2D eigenvalue weighted by Crippen LogP contribution is -2.10. The molecule has 0 bridgehead atoms. The van der Waals surface area contributed by atoms with Crippen molar-refractivity contribution in [3.8, 4) is 11.3 Å². The van der Waals surface area contributed by atoms with Gasteiger partial charge in [-0.1, -0.05) is 45.0 Å². The molecule has 0 unspecified atom stereocenters. The van der Waals surface area contributed by atoms with Gasteiger partial charge >= 0.3 is 0 Å². The summed E-state index contributed by atoms with van der Waals surface area (Å²) in [6, 6.07) is 8.83. The summed E-state index contributed by atoms with van der Waals surface area (Å²) in [5.74, 6) is 0. The maximum Gasteiger partial charge on any atom is 0.194 e. The fraction of sp³-hybridized carbons (Fsp3) is 0.267. The molecule has 0 atom stereocenters. The molecule has 0 aliphatic heterocycles. The van der Waals surface area contributed by atoms with Crippen LogP contribution < -0.4 is 0 Å². The number of benzene rings is 1. The Labute approximate surface area is 111 Å². The Morgan fingerprint density at radius 2 is 1.83 bits per heavy atom. The van der Waals surface area contributed by atoms with Crippen LogP contribution >= 0.6 is 11.3 Å². The summed E-state index contributed by atoms with van der Waals surface area (Å²) < 4.78 is 2.14. The van der Waals surface area contributed by atoms with Crippen molar-refractivity contribution in [1.29, 1.82) is 0 Å². The largest absolute Gasteiger partial charge is 0.290 e. The van der Waals surface area contributed by atoms with Crippen molar-refractivity contribution >= 4 is 16.3 Å². The van der Waals surface area contributed by atoms with Crippen LogP contribution in [0, 0.1) is 0 Å². The molecule has 0 amide bonds. The zero-order valence-electron chi connectivity index (χ0n) is 10.8. The van der Waals surface area contributed by atoms with E-state index in [-0.39, 0.29) is 5.41 Å². The number of rotatable bonds is 1. The molecule has 2 heterocycles. The zero-order chi connectivity index (χ0) is 12.8. The molecule has 1 aromatic carbocycles. The Kier molecular flexibility index (Phi) is 2.52. The minimum Gasteiger partial charge on any atom is -0.290 e. The zero-order valence-corrected chi connectivity index (χ0v) is 11.7. The molecule has 0 fully saturated rings. The number of imidazole rings is 1. The maximum atomic E-state index is 4.30. The number of fused-ring (bicyclic) bond motifs is 1. The molecule has 0 aliphatic rings. The molecule has 0 aliphatic carbocycles. The maximum absolute atomic E-state index is 4.30. The van der Waals surface area contributed by atoms with Crippen molar-refractivity contribution in [2.45, 2.75) is 26.2 Å². The van der Waals surface area contributed by atoms with Gasteiger partial charge in [0.2, 0.25) is 0 Å². The molecule has 2 nitrogen and oxygen atoms in total.